The molecule has 2 unspecified atom stereocenters. The molecule has 0 radical (unpaired) electrons. The van der Waals surface area contributed by atoms with E-state index in [9.17, 15) is 0 Å². The summed E-state index contributed by atoms with van der Waals surface area (Å²) >= 11 is 2.13. The predicted octanol–water partition coefficient (Wildman–Crippen LogP) is 1.69. The lowest BCUT2D eigenvalue weighted by molar-refractivity contribution is 0.0887. The van der Waals surface area contributed by atoms with E-state index in [2.05, 4.69) is 30.6 Å². The molecule has 1 saturated heterocycles. The van der Waals surface area contributed by atoms with Crippen molar-refractivity contribution in [2.45, 2.75) is 56.0 Å². The maximum atomic E-state index is 5.84. The highest BCUT2D eigenvalue weighted by Gasteiger charge is 2.35. The summed E-state index contributed by atoms with van der Waals surface area (Å²) in [5, 5.41) is 0.811. The van der Waals surface area contributed by atoms with Crippen molar-refractivity contribution in [1.82, 2.24) is 4.90 Å². The van der Waals surface area contributed by atoms with E-state index in [1.807, 2.05) is 0 Å². The van der Waals surface area contributed by atoms with Crippen molar-refractivity contribution in [3.8, 4) is 0 Å². The first-order valence-electron chi connectivity index (χ1n) is 5.77. The van der Waals surface area contributed by atoms with Crippen LogP contribution in [0.15, 0.2) is 0 Å². The SMILES string of the molecule is CC1SCCCC1N(C)C1CC(N)C1. The van der Waals surface area contributed by atoms with E-state index < -0.39 is 0 Å². The zero-order valence-corrected chi connectivity index (χ0v) is 10.1. The lowest BCUT2D eigenvalue weighted by Gasteiger charge is -2.46. The lowest BCUT2D eigenvalue weighted by Crippen LogP contribution is -2.55. The summed E-state index contributed by atoms with van der Waals surface area (Å²) in [6, 6.07) is 2.05. The molecule has 1 aliphatic carbocycles. The summed E-state index contributed by atoms with van der Waals surface area (Å²) in [6.45, 7) is 2.38. The van der Waals surface area contributed by atoms with Crippen molar-refractivity contribution >= 4 is 11.8 Å². The van der Waals surface area contributed by atoms with E-state index in [1.54, 1.807) is 0 Å². The van der Waals surface area contributed by atoms with Crippen molar-refractivity contribution in [1.29, 1.82) is 0 Å². The molecule has 0 aromatic heterocycles. The van der Waals surface area contributed by atoms with Crippen molar-refractivity contribution in [2.24, 2.45) is 5.73 Å². The average molecular weight is 214 g/mol. The maximum absolute atomic E-state index is 5.84. The summed E-state index contributed by atoms with van der Waals surface area (Å²) in [5.74, 6) is 1.36. The fraction of sp³-hybridized carbons (Fsp3) is 1.00. The maximum Gasteiger partial charge on any atom is 0.0212 e. The highest BCUT2D eigenvalue weighted by molar-refractivity contribution is 7.99. The van der Waals surface area contributed by atoms with Gasteiger partial charge in [0.15, 0.2) is 0 Å². The number of thioether (sulfide) groups is 1. The van der Waals surface area contributed by atoms with Gasteiger partial charge in [-0.1, -0.05) is 6.92 Å². The Kier molecular flexibility index (Phi) is 3.40. The number of nitrogens with two attached hydrogens (primary N) is 1. The first kappa shape index (κ1) is 10.8. The van der Waals surface area contributed by atoms with Crippen LogP contribution in [0.4, 0.5) is 0 Å². The molecule has 2 fully saturated rings. The van der Waals surface area contributed by atoms with Crippen LogP contribution in [-0.2, 0) is 0 Å². The Hall–Kier alpha value is 0.270. The summed E-state index contributed by atoms with van der Waals surface area (Å²) in [4.78, 5) is 2.60. The van der Waals surface area contributed by atoms with Gasteiger partial charge in [0.25, 0.3) is 0 Å². The van der Waals surface area contributed by atoms with Crippen LogP contribution in [0.3, 0.4) is 0 Å². The third kappa shape index (κ3) is 2.10. The van der Waals surface area contributed by atoms with Gasteiger partial charge in [-0.25, -0.2) is 0 Å². The molecule has 2 aliphatic rings. The third-order valence-corrected chi connectivity index (χ3v) is 5.18. The molecule has 0 bridgehead atoms. The van der Waals surface area contributed by atoms with Gasteiger partial charge >= 0.3 is 0 Å². The molecule has 2 nitrogen and oxygen atoms in total. The van der Waals surface area contributed by atoms with Gasteiger partial charge in [-0.15, -0.1) is 0 Å². The molecule has 14 heavy (non-hydrogen) atoms. The monoisotopic (exact) mass is 214 g/mol. The van der Waals surface area contributed by atoms with Gasteiger partial charge in [0.1, 0.15) is 0 Å². The molecule has 1 aliphatic heterocycles. The Balaban J connectivity index is 1.86. The van der Waals surface area contributed by atoms with Crippen molar-refractivity contribution in [3.63, 3.8) is 0 Å². The van der Waals surface area contributed by atoms with Gasteiger partial charge in [0, 0.05) is 23.4 Å². The van der Waals surface area contributed by atoms with Crippen LogP contribution in [-0.4, -0.2) is 41.1 Å². The standard InChI is InChI=1S/C11H22N2S/c1-8-11(4-3-5-14-8)13(2)10-6-9(12)7-10/h8-11H,3-7,12H2,1-2H3. The Labute approximate surface area is 91.6 Å². The largest absolute Gasteiger partial charge is 0.328 e. The molecular weight excluding hydrogens is 192 g/mol. The molecule has 0 aromatic carbocycles. The van der Waals surface area contributed by atoms with Gasteiger partial charge < -0.3 is 5.73 Å². The predicted molar refractivity (Wildman–Crippen MR) is 63.7 cm³/mol. The van der Waals surface area contributed by atoms with E-state index in [0.717, 1.165) is 17.3 Å². The second-order valence-electron chi connectivity index (χ2n) is 4.84. The number of nitrogens with zero attached hydrogens (tertiary/aromatic N) is 1. The van der Waals surface area contributed by atoms with E-state index in [1.165, 1.54) is 31.4 Å². The Bertz CT molecular complexity index is 192. The van der Waals surface area contributed by atoms with E-state index in [0.29, 0.717) is 6.04 Å². The summed E-state index contributed by atoms with van der Waals surface area (Å²) in [5.41, 5.74) is 5.84. The van der Waals surface area contributed by atoms with Gasteiger partial charge in [0.2, 0.25) is 0 Å². The second kappa shape index (κ2) is 4.42. The van der Waals surface area contributed by atoms with Crippen LogP contribution in [0.25, 0.3) is 0 Å². The molecule has 0 aromatic rings. The Morgan fingerprint density at radius 3 is 2.64 bits per heavy atom. The minimum absolute atomic E-state index is 0.481. The molecule has 1 saturated carbocycles. The first-order chi connectivity index (χ1) is 6.68. The minimum atomic E-state index is 0.481. The van der Waals surface area contributed by atoms with Crippen LogP contribution in [0, 0.1) is 0 Å². The molecule has 2 rings (SSSR count). The summed E-state index contributed by atoms with van der Waals surface area (Å²) < 4.78 is 0. The molecule has 82 valence electrons. The smallest absolute Gasteiger partial charge is 0.0212 e. The van der Waals surface area contributed by atoms with Crippen molar-refractivity contribution < 1.29 is 0 Å². The van der Waals surface area contributed by atoms with E-state index >= 15 is 0 Å². The normalized spacial score (nSPS) is 43.7. The molecule has 1 heterocycles. The second-order valence-corrected chi connectivity index (χ2v) is 6.32. The van der Waals surface area contributed by atoms with Crippen molar-refractivity contribution in [2.75, 3.05) is 12.8 Å². The van der Waals surface area contributed by atoms with E-state index in [-0.39, 0.29) is 0 Å². The zero-order chi connectivity index (χ0) is 10.1. The minimum Gasteiger partial charge on any atom is -0.328 e. The van der Waals surface area contributed by atoms with E-state index in [4.69, 9.17) is 5.73 Å². The fourth-order valence-electron chi connectivity index (χ4n) is 2.68. The quantitative estimate of drug-likeness (QED) is 0.758. The van der Waals surface area contributed by atoms with Crippen LogP contribution < -0.4 is 5.73 Å². The topological polar surface area (TPSA) is 29.3 Å². The zero-order valence-electron chi connectivity index (χ0n) is 9.28. The number of hydrogen-bond donors (Lipinski definition) is 1. The summed E-state index contributed by atoms with van der Waals surface area (Å²) in [6.07, 6.45) is 5.20. The summed E-state index contributed by atoms with van der Waals surface area (Å²) in [7, 11) is 2.30. The molecule has 2 atom stereocenters. The van der Waals surface area contributed by atoms with Crippen LogP contribution in [0.5, 0.6) is 0 Å². The van der Waals surface area contributed by atoms with Gasteiger partial charge in [-0.3, -0.25) is 4.90 Å². The van der Waals surface area contributed by atoms with Crippen LogP contribution >= 0.6 is 11.8 Å². The average Bonchev–Trinajstić information content (AvgIpc) is 2.13. The van der Waals surface area contributed by atoms with Crippen LogP contribution in [0.1, 0.15) is 32.6 Å². The fourth-order valence-corrected chi connectivity index (χ4v) is 3.93. The lowest BCUT2D eigenvalue weighted by atomic mass is 9.85. The number of rotatable bonds is 2. The number of hydrogen-bond acceptors (Lipinski definition) is 3. The Morgan fingerprint density at radius 1 is 1.36 bits per heavy atom. The first-order valence-corrected chi connectivity index (χ1v) is 6.82. The molecule has 0 spiro atoms. The molecule has 0 amide bonds. The highest BCUT2D eigenvalue weighted by Crippen LogP contribution is 2.33. The van der Waals surface area contributed by atoms with Gasteiger partial charge in [-0.05, 0) is 38.5 Å². The molecule has 2 N–H and O–H groups in total. The molecular formula is C11H22N2S. The third-order valence-electron chi connectivity index (χ3n) is 3.82. The Morgan fingerprint density at radius 2 is 2.07 bits per heavy atom. The highest BCUT2D eigenvalue weighted by atomic mass is 32.2. The van der Waals surface area contributed by atoms with Gasteiger partial charge in [-0.2, -0.15) is 11.8 Å². The van der Waals surface area contributed by atoms with Crippen LogP contribution in [0.2, 0.25) is 0 Å². The van der Waals surface area contributed by atoms with Crippen molar-refractivity contribution in [3.05, 3.63) is 0 Å². The van der Waals surface area contributed by atoms with Gasteiger partial charge in [0.05, 0.1) is 0 Å². The molecule has 3 heteroatoms.